The molecule has 0 N–H and O–H groups in total. The van der Waals surface area contributed by atoms with E-state index in [-0.39, 0.29) is 6.04 Å². The summed E-state index contributed by atoms with van der Waals surface area (Å²) in [5.41, 5.74) is 15.2. The highest BCUT2D eigenvalue weighted by Gasteiger charge is 2.37. The van der Waals surface area contributed by atoms with Gasteiger partial charge in [-0.05, 0) is 93.0 Å². The molecule has 7 aromatic carbocycles. The first-order valence-corrected chi connectivity index (χ1v) is 17.3. The number of rotatable bonds is 5. The lowest BCUT2D eigenvalue weighted by atomic mass is 9.89. The molecule has 0 saturated carbocycles. The molecule has 0 bridgehead atoms. The van der Waals surface area contributed by atoms with Crippen molar-refractivity contribution in [3.8, 4) is 44.5 Å². The van der Waals surface area contributed by atoms with Crippen LogP contribution in [0.1, 0.15) is 11.5 Å². The highest BCUT2D eigenvalue weighted by molar-refractivity contribution is 6.10. The number of benzene rings is 7. The van der Waals surface area contributed by atoms with Gasteiger partial charge in [-0.1, -0.05) is 140 Å². The molecule has 1 aliphatic heterocycles. The minimum Gasteiger partial charge on any atom is -0.455 e. The summed E-state index contributed by atoms with van der Waals surface area (Å²) in [4.78, 5) is 2.47. The number of fused-ring (bicyclic) bond motifs is 6. The molecule has 50 heavy (non-hydrogen) atoms. The third-order valence-electron chi connectivity index (χ3n) is 10.4. The van der Waals surface area contributed by atoms with Crippen LogP contribution in [-0.2, 0) is 0 Å². The van der Waals surface area contributed by atoms with E-state index in [1.165, 1.54) is 55.9 Å². The average Bonchev–Trinajstić information content (AvgIpc) is 3.74. The Morgan fingerprint density at radius 2 is 1.06 bits per heavy atom. The molecule has 10 rings (SSSR count). The fourth-order valence-corrected chi connectivity index (χ4v) is 7.99. The summed E-state index contributed by atoms with van der Waals surface area (Å²) >= 11 is 0. The van der Waals surface area contributed by atoms with Crippen molar-refractivity contribution in [2.45, 2.75) is 12.0 Å². The van der Waals surface area contributed by atoms with Crippen molar-refractivity contribution in [1.29, 1.82) is 0 Å². The molecule has 2 nitrogen and oxygen atoms in total. The topological polar surface area (TPSA) is 16.4 Å². The van der Waals surface area contributed by atoms with Crippen LogP contribution in [0.3, 0.4) is 0 Å². The summed E-state index contributed by atoms with van der Waals surface area (Å²) < 4.78 is 6.66. The molecule has 236 valence electrons. The van der Waals surface area contributed by atoms with E-state index in [1.54, 1.807) is 0 Å². The fourth-order valence-electron chi connectivity index (χ4n) is 7.99. The second-order valence-electron chi connectivity index (χ2n) is 13.3. The van der Waals surface area contributed by atoms with E-state index in [9.17, 15) is 0 Å². The Balaban J connectivity index is 1.03. The van der Waals surface area contributed by atoms with Gasteiger partial charge >= 0.3 is 0 Å². The average molecular weight is 640 g/mol. The first kappa shape index (κ1) is 28.6. The molecule has 1 aromatic heterocycles. The third kappa shape index (κ3) is 4.72. The quantitative estimate of drug-likeness (QED) is 0.186. The first-order chi connectivity index (χ1) is 24.8. The van der Waals surface area contributed by atoms with E-state index < -0.39 is 0 Å². The number of para-hydroxylation sites is 2. The van der Waals surface area contributed by atoms with Crippen LogP contribution >= 0.6 is 0 Å². The predicted molar refractivity (Wildman–Crippen MR) is 209 cm³/mol. The molecular formula is C48H33NO. The van der Waals surface area contributed by atoms with Gasteiger partial charge in [-0.15, -0.1) is 0 Å². The van der Waals surface area contributed by atoms with Crippen LogP contribution in [0.2, 0.25) is 0 Å². The number of nitrogens with zero attached hydrogens (tertiary/aromatic N) is 1. The smallest absolute Gasteiger partial charge is 0.143 e. The Kier molecular flexibility index (Phi) is 6.67. The maximum absolute atomic E-state index is 6.66. The van der Waals surface area contributed by atoms with Crippen LogP contribution in [0.5, 0.6) is 0 Å². The summed E-state index contributed by atoms with van der Waals surface area (Å²) in [7, 11) is 0. The molecule has 2 heterocycles. The Bertz CT molecular complexity index is 2610. The standard InChI is InChI=1S/C48H33NO/c1-3-12-32(13-4-1)33-14-9-15-34(28-33)35-16-10-17-36(29-35)37-25-27-47-44(30-37)42-22-11-21-40(48(42)50-47)38-24-26-46-43(31-38)41-20-7-8-23-45(41)49(46)39-18-5-2-6-19-39/h1-31,41,45H. The molecule has 0 fully saturated rings. The summed E-state index contributed by atoms with van der Waals surface area (Å²) in [5.74, 6) is 0.296. The normalized spacial score (nSPS) is 16.2. The van der Waals surface area contributed by atoms with Gasteiger partial charge < -0.3 is 9.32 Å². The van der Waals surface area contributed by atoms with Crippen LogP contribution in [0.25, 0.3) is 66.4 Å². The van der Waals surface area contributed by atoms with E-state index in [0.29, 0.717) is 5.92 Å². The number of furan rings is 1. The van der Waals surface area contributed by atoms with E-state index >= 15 is 0 Å². The van der Waals surface area contributed by atoms with Gasteiger partial charge in [0.25, 0.3) is 0 Å². The van der Waals surface area contributed by atoms with Crippen LogP contribution in [0.4, 0.5) is 11.4 Å². The second-order valence-corrected chi connectivity index (χ2v) is 13.3. The zero-order chi connectivity index (χ0) is 33.0. The van der Waals surface area contributed by atoms with Gasteiger partial charge in [0, 0.05) is 33.6 Å². The van der Waals surface area contributed by atoms with Crippen LogP contribution < -0.4 is 4.90 Å². The molecule has 2 heteroatoms. The molecule has 1 aliphatic carbocycles. The molecule has 0 saturated heterocycles. The number of anilines is 2. The summed E-state index contributed by atoms with van der Waals surface area (Å²) in [6, 6.07) is 59.3. The van der Waals surface area contributed by atoms with Gasteiger partial charge in [-0.3, -0.25) is 0 Å². The van der Waals surface area contributed by atoms with E-state index in [1.807, 2.05) is 0 Å². The van der Waals surface area contributed by atoms with Crippen molar-refractivity contribution < 1.29 is 4.42 Å². The summed E-state index contributed by atoms with van der Waals surface area (Å²) in [6.07, 6.45) is 9.02. The maximum atomic E-state index is 6.66. The number of allylic oxidation sites excluding steroid dienone is 2. The van der Waals surface area contributed by atoms with Crippen LogP contribution in [0.15, 0.2) is 193 Å². The van der Waals surface area contributed by atoms with Crippen molar-refractivity contribution in [3.63, 3.8) is 0 Å². The third-order valence-corrected chi connectivity index (χ3v) is 10.4. The lowest BCUT2D eigenvalue weighted by Gasteiger charge is -2.28. The highest BCUT2D eigenvalue weighted by Crippen LogP contribution is 2.49. The monoisotopic (exact) mass is 639 g/mol. The molecule has 2 unspecified atom stereocenters. The van der Waals surface area contributed by atoms with Gasteiger partial charge in [0.05, 0.1) is 6.04 Å². The first-order valence-electron chi connectivity index (χ1n) is 17.3. The Morgan fingerprint density at radius 1 is 0.440 bits per heavy atom. The molecule has 0 radical (unpaired) electrons. The molecule has 2 atom stereocenters. The highest BCUT2D eigenvalue weighted by atomic mass is 16.3. The molecule has 2 aliphatic rings. The molecule has 0 spiro atoms. The van der Waals surface area contributed by atoms with Crippen molar-refractivity contribution in [3.05, 3.63) is 194 Å². The van der Waals surface area contributed by atoms with Crippen molar-refractivity contribution in [2.24, 2.45) is 0 Å². The predicted octanol–water partition coefficient (Wildman–Crippen LogP) is 13.0. The summed E-state index contributed by atoms with van der Waals surface area (Å²) in [5, 5.41) is 2.27. The Morgan fingerprint density at radius 3 is 1.82 bits per heavy atom. The second kappa shape index (κ2) is 11.6. The SMILES string of the molecule is C1=CC2c3cc(-c4cccc5c4oc4ccc(-c6cccc(-c7cccc(-c8ccccc8)c7)c6)cc45)ccc3N(c3ccccc3)C2C=C1. The van der Waals surface area contributed by atoms with Crippen LogP contribution in [0, 0.1) is 0 Å². The van der Waals surface area contributed by atoms with Crippen molar-refractivity contribution in [1.82, 2.24) is 0 Å². The van der Waals surface area contributed by atoms with Gasteiger partial charge in [-0.25, -0.2) is 0 Å². The summed E-state index contributed by atoms with van der Waals surface area (Å²) in [6.45, 7) is 0. The van der Waals surface area contributed by atoms with Gasteiger partial charge in [0.15, 0.2) is 0 Å². The van der Waals surface area contributed by atoms with Crippen molar-refractivity contribution in [2.75, 3.05) is 4.90 Å². The largest absolute Gasteiger partial charge is 0.455 e. The van der Waals surface area contributed by atoms with E-state index in [2.05, 4.69) is 193 Å². The zero-order valence-electron chi connectivity index (χ0n) is 27.4. The minimum atomic E-state index is 0.263. The number of hydrogen-bond donors (Lipinski definition) is 0. The van der Waals surface area contributed by atoms with E-state index in [4.69, 9.17) is 4.42 Å². The van der Waals surface area contributed by atoms with Crippen molar-refractivity contribution >= 4 is 33.3 Å². The Labute approximate surface area is 291 Å². The van der Waals surface area contributed by atoms with Gasteiger partial charge in [-0.2, -0.15) is 0 Å². The van der Waals surface area contributed by atoms with E-state index in [0.717, 1.165) is 27.5 Å². The molecular weight excluding hydrogens is 607 g/mol. The lowest BCUT2D eigenvalue weighted by molar-refractivity contribution is 0.670. The fraction of sp³-hybridized carbons (Fsp3) is 0.0417. The number of hydrogen-bond acceptors (Lipinski definition) is 2. The van der Waals surface area contributed by atoms with Gasteiger partial charge in [0.2, 0.25) is 0 Å². The van der Waals surface area contributed by atoms with Gasteiger partial charge in [0.1, 0.15) is 11.2 Å². The molecule has 0 amide bonds. The molecule has 8 aromatic rings. The lowest BCUT2D eigenvalue weighted by Crippen LogP contribution is -2.28. The Hall–Kier alpha value is -6.38. The maximum Gasteiger partial charge on any atom is 0.143 e. The van der Waals surface area contributed by atoms with Crippen LogP contribution in [-0.4, -0.2) is 6.04 Å². The minimum absolute atomic E-state index is 0.263. The zero-order valence-corrected chi connectivity index (χ0v) is 27.4.